The zero-order valence-corrected chi connectivity index (χ0v) is 18.1. The smallest absolute Gasteiger partial charge is 0.142 e. The quantitative estimate of drug-likeness (QED) is 0.656. The van der Waals surface area contributed by atoms with Crippen molar-refractivity contribution in [1.29, 1.82) is 0 Å². The fraction of sp³-hybridized carbons (Fsp3) is 0.522. The van der Waals surface area contributed by atoms with Gasteiger partial charge in [0.2, 0.25) is 0 Å². The summed E-state index contributed by atoms with van der Waals surface area (Å²) in [5, 5.41) is 0. The second kappa shape index (κ2) is 8.49. The molecular weight excluding hydrogens is 360 g/mol. The first-order chi connectivity index (χ1) is 14.0. The Hall–Kier alpha value is -2.47. The molecule has 3 aromatic heterocycles. The fourth-order valence-corrected chi connectivity index (χ4v) is 4.06. The van der Waals surface area contributed by atoms with Crippen molar-refractivity contribution in [3.63, 3.8) is 0 Å². The van der Waals surface area contributed by atoms with Gasteiger partial charge in [0.25, 0.3) is 0 Å². The van der Waals surface area contributed by atoms with Crippen LogP contribution in [0.2, 0.25) is 0 Å². The summed E-state index contributed by atoms with van der Waals surface area (Å²) in [6, 6.07) is 4.10. The third-order valence-corrected chi connectivity index (χ3v) is 5.79. The van der Waals surface area contributed by atoms with Crippen molar-refractivity contribution in [2.24, 2.45) is 5.92 Å². The summed E-state index contributed by atoms with van der Waals surface area (Å²) in [5.74, 6) is 2.82. The van der Waals surface area contributed by atoms with Gasteiger partial charge in [0.1, 0.15) is 11.6 Å². The number of pyridine rings is 1. The molecule has 1 aliphatic heterocycles. The van der Waals surface area contributed by atoms with Crippen LogP contribution < -0.4 is 0 Å². The van der Waals surface area contributed by atoms with E-state index in [2.05, 4.69) is 53.2 Å². The van der Waals surface area contributed by atoms with Gasteiger partial charge in [0.05, 0.1) is 17.1 Å². The lowest BCUT2D eigenvalue weighted by Crippen LogP contribution is -2.34. The number of rotatable bonds is 7. The molecule has 29 heavy (non-hydrogen) atoms. The molecule has 0 unspecified atom stereocenters. The number of nitrogens with zero attached hydrogens (tertiary/aromatic N) is 5. The average molecular weight is 393 g/mol. The maximum Gasteiger partial charge on any atom is 0.142 e. The third-order valence-electron chi connectivity index (χ3n) is 5.79. The number of nitrogens with one attached hydrogen (secondary N) is 1. The van der Waals surface area contributed by atoms with Crippen LogP contribution in [0.1, 0.15) is 55.8 Å². The number of aryl methyl sites for hydroxylation is 3. The first kappa shape index (κ1) is 19.8. The molecule has 0 atom stereocenters. The molecule has 0 aromatic carbocycles. The van der Waals surface area contributed by atoms with E-state index in [-0.39, 0.29) is 0 Å². The van der Waals surface area contributed by atoms with Gasteiger partial charge in [-0.15, -0.1) is 0 Å². The van der Waals surface area contributed by atoms with Gasteiger partial charge in [-0.25, -0.2) is 9.97 Å². The minimum absolute atomic E-state index is 0.674. The van der Waals surface area contributed by atoms with E-state index in [1.54, 1.807) is 0 Å². The molecule has 3 aromatic rings. The molecule has 0 saturated heterocycles. The Bertz CT molecular complexity index is 953. The first-order valence-corrected chi connectivity index (χ1v) is 10.8. The van der Waals surface area contributed by atoms with Crippen molar-refractivity contribution in [1.82, 2.24) is 29.4 Å². The zero-order chi connectivity index (χ0) is 20.4. The van der Waals surface area contributed by atoms with Crippen molar-refractivity contribution in [2.75, 3.05) is 6.54 Å². The number of fused-ring (bicyclic) bond motifs is 1. The predicted molar refractivity (Wildman–Crippen MR) is 115 cm³/mol. The van der Waals surface area contributed by atoms with E-state index in [1.807, 2.05) is 18.5 Å². The first-order valence-electron chi connectivity index (χ1n) is 10.8. The highest BCUT2D eigenvalue weighted by atomic mass is 15.2. The van der Waals surface area contributed by atoms with Crippen LogP contribution in [0.25, 0.3) is 11.4 Å². The summed E-state index contributed by atoms with van der Waals surface area (Å²) >= 11 is 0. The lowest BCUT2D eigenvalue weighted by atomic mass is 10.0. The molecule has 0 fully saturated rings. The number of hydrogen-bond donors (Lipinski definition) is 1. The molecular formula is C23H32N6. The summed E-state index contributed by atoms with van der Waals surface area (Å²) in [6.45, 7) is 12.6. The number of aromatic nitrogens is 5. The van der Waals surface area contributed by atoms with Crippen LogP contribution in [0.3, 0.4) is 0 Å². The van der Waals surface area contributed by atoms with Crippen LogP contribution in [0.4, 0.5) is 0 Å². The molecule has 0 amide bonds. The molecule has 4 rings (SSSR count). The largest absolute Gasteiger partial charge is 0.346 e. The van der Waals surface area contributed by atoms with Crippen LogP contribution >= 0.6 is 0 Å². The molecule has 1 N–H and O–H groups in total. The van der Waals surface area contributed by atoms with Crippen LogP contribution in [0, 0.1) is 12.8 Å². The number of imidazole rings is 2. The molecule has 1 aliphatic rings. The molecule has 154 valence electrons. The molecule has 0 spiro atoms. The Labute approximate surface area is 173 Å². The summed E-state index contributed by atoms with van der Waals surface area (Å²) in [4.78, 5) is 20.1. The summed E-state index contributed by atoms with van der Waals surface area (Å²) in [5.41, 5.74) is 6.08. The van der Waals surface area contributed by atoms with E-state index in [0.717, 1.165) is 62.7 Å². The van der Waals surface area contributed by atoms with Gasteiger partial charge in [0.15, 0.2) is 0 Å². The van der Waals surface area contributed by atoms with E-state index < -0.39 is 0 Å². The number of hydrogen-bond acceptors (Lipinski definition) is 4. The minimum atomic E-state index is 0.674. The van der Waals surface area contributed by atoms with Crippen LogP contribution in [0.5, 0.6) is 0 Å². The van der Waals surface area contributed by atoms with E-state index in [1.165, 1.54) is 22.8 Å². The molecule has 6 nitrogen and oxygen atoms in total. The maximum atomic E-state index is 5.08. The van der Waals surface area contributed by atoms with Crippen LogP contribution in [-0.4, -0.2) is 35.9 Å². The van der Waals surface area contributed by atoms with Crippen molar-refractivity contribution >= 4 is 0 Å². The van der Waals surface area contributed by atoms with Crippen molar-refractivity contribution in [2.45, 2.75) is 66.6 Å². The monoisotopic (exact) mass is 392 g/mol. The summed E-state index contributed by atoms with van der Waals surface area (Å²) in [7, 11) is 0. The molecule has 6 heteroatoms. The Kier molecular flexibility index (Phi) is 5.81. The SMILES string of the molecule is CCc1nc(CN2CCn3c(-c4cccnc4)nc(CCC(C)C)c3C2)c(C)[nH]1. The Balaban J connectivity index is 1.61. The fourth-order valence-electron chi connectivity index (χ4n) is 4.06. The molecule has 0 saturated carbocycles. The Morgan fingerprint density at radius 3 is 2.72 bits per heavy atom. The van der Waals surface area contributed by atoms with Gasteiger partial charge in [-0.05, 0) is 37.8 Å². The van der Waals surface area contributed by atoms with E-state index in [0.29, 0.717) is 5.92 Å². The highest BCUT2D eigenvalue weighted by molar-refractivity contribution is 5.55. The Morgan fingerprint density at radius 1 is 1.17 bits per heavy atom. The van der Waals surface area contributed by atoms with E-state index in [9.17, 15) is 0 Å². The summed E-state index contributed by atoms with van der Waals surface area (Å²) < 4.78 is 2.41. The number of aromatic amines is 1. The lowest BCUT2D eigenvalue weighted by molar-refractivity contribution is 0.210. The topological polar surface area (TPSA) is 62.6 Å². The normalized spacial score (nSPS) is 14.5. The molecule has 0 aliphatic carbocycles. The van der Waals surface area contributed by atoms with Gasteiger partial charge >= 0.3 is 0 Å². The van der Waals surface area contributed by atoms with Gasteiger partial charge in [0, 0.05) is 56.3 Å². The van der Waals surface area contributed by atoms with Crippen molar-refractivity contribution < 1.29 is 0 Å². The maximum absolute atomic E-state index is 5.08. The highest BCUT2D eigenvalue weighted by Gasteiger charge is 2.25. The molecule has 0 bridgehead atoms. The van der Waals surface area contributed by atoms with E-state index >= 15 is 0 Å². The minimum Gasteiger partial charge on any atom is -0.346 e. The lowest BCUT2D eigenvalue weighted by Gasteiger charge is -2.29. The molecule has 4 heterocycles. The van der Waals surface area contributed by atoms with Gasteiger partial charge in [-0.2, -0.15) is 0 Å². The average Bonchev–Trinajstić information content (AvgIpc) is 3.27. The van der Waals surface area contributed by atoms with Gasteiger partial charge in [-0.3, -0.25) is 9.88 Å². The highest BCUT2D eigenvalue weighted by Crippen LogP contribution is 2.28. The second-order valence-corrected chi connectivity index (χ2v) is 8.47. The van der Waals surface area contributed by atoms with Crippen molar-refractivity contribution in [3.8, 4) is 11.4 Å². The Morgan fingerprint density at radius 2 is 2.03 bits per heavy atom. The third kappa shape index (κ3) is 4.27. The number of H-pyrrole nitrogens is 1. The van der Waals surface area contributed by atoms with Crippen LogP contribution in [-0.2, 0) is 32.5 Å². The van der Waals surface area contributed by atoms with E-state index in [4.69, 9.17) is 9.97 Å². The molecule has 0 radical (unpaired) electrons. The van der Waals surface area contributed by atoms with Crippen molar-refractivity contribution in [3.05, 3.63) is 53.1 Å². The standard InChI is InChI=1S/C23H32N6/c1-5-22-25-17(4)20(26-22)14-28-11-12-29-21(15-28)19(9-8-16(2)3)27-23(29)18-7-6-10-24-13-18/h6-7,10,13,16H,5,8-9,11-12,14-15H2,1-4H3,(H,25,26). The predicted octanol–water partition coefficient (Wildman–Crippen LogP) is 4.14. The van der Waals surface area contributed by atoms with Gasteiger partial charge < -0.3 is 9.55 Å². The zero-order valence-electron chi connectivity index (χ0n) is 18.1. The second-order valence-electron chi connectivity index (χ2n) is 8.47. The van der Waals surface area contributed by atoms with Crippen LogP contribution in [0.15, 0.2) is 24.5 Å². The van der Waals surface area contributed by atoms with Gasteiger partial charge in [-0.1, -0.05) is 20.8 Å². The summed E-state index contributed by atoms with van der Waals surface area (Å²) in [6.07, 6.45) is 6.88.